The minimum atomic E-state index is -0.677. The fraction of sp³-hybridized carbons (Fsp3) is 0.857. The second kappa shape index (κ2) is 32.1. The summed E-state index contributed by atoms with van der Waals surface area (Å²) < 4.78 is 0. The topological polar surface area (TPSA) is 149 Å². The van der Waals surface area contributed by atoms with Crippen LogP contribution >= 0.6 is 0 Å². The van der Waals surface area contributed by atoms with E-state index in [0.29, 0.717) is 0 Å². The molecule has 0 saturated heterocycles. The summed E-state index contributed by atoms with van der Waals surface area (Å²) in [7, 11) is 0. The van der Waals surface area contributed by atoms with Crippen LogP contribution in [0.3, 0.4) is 0 Å². The lowest BCUT2D eigenvalue weighted by Crippen LogP contribution is -2.08. The van der Waals surface area contributed by atoms with Gasteiger partial charge in [-0.3, -0.25) is 19.2 Å². The molecule has 0 aliphatic carbocycles. The quantitative estimate of drug-likeness (QED) is 0.167. The summed E-state index contributed by atoms with van der Waals surface area (Å²) in [6.45, 7) is 15.2. The first-order valence-corrected chi connectivity index (χ1v) is 13.6. The molecule has 0 bridgehead atoms. The highest BCUT2D eigenvalue weighted by Gasteiger charge is 2.10. The van der Waals surface area contributed by atoms with Crippen molar-refractivity contribution in [1.29, 1.82) is 0 Å². The third-order valence-corrected chi connectivity index (χ3v) is 5.65. The van der Waals surface area contributed by atoms with Crippen LogP contribution in [0.4, 0.5) is 0 Å². The molecule has 0 aliphatic heterocycles. The summed E-state index contributed by atoms with van der Waals surface area (Å²) in [6, 6.07) is 0. The van der Waals surface area contributed by atoms with Crippen LogP contribution in [-0.2, 0) is 19.2 Å². The molecule has 0 radical (unpaired) electrons. The third-order valence-electron chi connectivity index (χ3n) is 5.65. The first kappa shape index (κ1) is 45.0. The van der Waals surface area contributed by atoms with Crippen molar-refractivity contribution in [2.75, 3.05) is 0 Å². The van der Waals surface area contributed by atoms with Gasteiger partial charge in [-0.1, -0.05) is 107 Å². The van der Waals surface area contributed by atoms with Gasteiger partial charge in [0, 0.05) is 0 Å². The Hall–Kier alpha value is -1.90. The van der Waals surface area contributed by atoms with Crippen molar-refractivity contribution in [3.63, 3.8) is 0 Å². The van der Waals surface area contributed by atoms with Gasteiger partial charge >= 0.3 is 23.9 Å². The smallest absolute Gasteiger partial charge is 0.306 e. The van der Waals surface area contributed by atoms with Gasteiger partial charge in [0.15, 0.2) is 0 Å². The molecule has 9 heteroatoms. The van der Waals surface area contributed by atoms with Crippen molar-refractivity contribution in [3.05, 3.63) is 0 Å². The van der Waals surface area contributed by atoms with Gasteiger partial charge in [0.05, 0.1) is 23.7 Å². The van der Waals surface area contributed by atoms with E-state index < -0.39 is 23.9 Å². The highest BCUT2D eigenvalue weighted by molar-refractivity contribution is 5.75. The molecule has 37 heavy (non-hydrogen) atoms. The minimum Gasteiger partial charge on any atom is -0.481 e. The van der Waals surface area contributed by atoms with E-state index in [9.17, 15) is 19.2 Å². The van der Waals surface area contributed by atoms with Crippen molar-refractivity contribution in [2.45, 2.75) is 132 Å². The van der Waals surface area contributed by atoms with Crippen molar-refractivity contribution in [1.82, 2.24) is 0 Å². The van der Waals surface area contributed by atoms with Crippen LogP contribution in [0, 0.1) is 23.7 Å². The summed E-state index contributed by atoms with van der Waals surface area (Å²) in [5, 5.41) is 33.6. The zero-order chi connectivity index (χ0) is 29.1. The lowest BCUT2D eigenvalue weighted by Gasteiger charge is -2.02. The SMILES string of the molecule is CCCCC(C)C(=O)O.CCCCC(C)C(=O)O.CCCCC(C)C(=O)O.CCCCC(C)C(=O)O.[SiH4]. The molecule has 0 amide bonds. The van der Waals surface area contributed by atoms with E-state index in [1.807, 2.05) is 0 Å². The molecule has 0 saturated carbocycles. The van der Waals surface area contributed by atoms with E-state index in [1.165, 1.54) is 0 Å². The molecule has 224 valence electrons. The Morgan fingerprint density at radius 2 is 0.568 bits per heavy atom. The van der Waals surface area contributed by atoms with Crippen LogP contribution in [0.5, 0.6) is 0 Å². The maximum Gasteiger partial charge on any atom is 0.306 e. The molecule has 0 spiro atoms. The maximum atomic E-state index is 10.2. The lowest BCUT2D eigenvalue weighted by atomic mass is 10.1. The molecule has 4 unspecified atom stereocenters. The van der Waals surface area contributed by atoms with Crippen LogP contribution < -0.4 is 0 Å². The summed E-state index contributed by atoms with van der Waals surface area (Å²) in [6.07, 6.45) is 11.7. The van der Waals surface area contributed by atoms with Gasteiger partial charge in [0.25, 0.3) is 0 Å². The second-order valence-electron chi connectivity index (χ2n) is 9.53. The number of aliphatic carboxylic acids is 4. The first-order chi connectivity index (χ1) is 16.7. The number of carbonyl (C=O) groups is 4. The van der Waals surface area contributed by atoms with Gasteiger partial charge in [-0.2, -0.15) is 0 Å². The predicted molar refractivity (Wildman–Crippen MR) is 157 cm³/mol. The molecule has 4 atom stereocenters. The monoisotopic (exact) mass is 552 g/mol. The molecular weight excluding hydrogens is 492 g/mol. The van der Waals surface area contributed by atoms with Gasteiger partial charge in [0.1, 0.15) is 0 Å². The number of carboxylic acid groups (broad SMARTS) is 4. The molecule has 0 fully saturated rings. The zero-order valence-electron chi connectivity index (χ0n) is 24.2. The van der Waals surface area contributed by atoms with Crippen LogP contribution in [0.25, 0.3) is 0 Å². The van der Waals surface area contributed by atoms with Gasteiger partial charge < -0.3 is 20.4 Å². The number of hydrogen-bond donors (Lipinski definition) is 4. The summed E-state index contributed by atoms with van der Waals surface area (Å²) in [5.41, 5.74) is 0. The van der Waals surface area contributed by atoms with Crippen molar-refractivity contribution in [3.8, 4) is 0 Å². The third kappa shape index (κ3) is 38.8. The fourth-order valence-electron chi connectivity index (χ4n) is 2.54. The molecule has 0 aromatic rings. The average molecular weight is 553 g/mol. The number of carboxylic acids is 4. The Morgan fingerprint density at radius 1 is 0.432 bits per heavy atom. The second-order valence-corrected chi connectivity index (χ2v) is 9.53. The number of hydrogen-bond acceptors (Lipinski definition) is 4. The number of rotatable bonds is 16. The Bertz CT molecular complexity index is 458. The zero-order valence-corrected chi connectivity index (χ0v) is 24.2. The van der Waals surface area contributed by atoms with Gasteiger partial charge in [0.2, 0.25) is 0 Å². The molecule has 0 rings (SSSR count). The Labute approximate surface area is 230 Å². The highest BCUT2D eigenvalue weighted by atomic mass is 28.1. The minimum absolute atomic E-state index is 0. The Balaban J connectivity index is -0.000000122. The van der Waals surface area contributed by atoms with Crippen LogP contribution in [-0.4, -0.2) is 55.3 Å². The Morgan fingerprint density at radius 3 is 0.649 bits per heavy atom. The molecule has 0 aromatic carbocycles. The van der Waals surface area contributed by atoms with Crippen molar-refractivity contribution in [2.24, 2.45) is 23.7 Å². The van der Waals surface area contributed by atoms with E-state index in [4.69, 9.17) is 20.4 Å². The summed E-state index contributed by atoms with van der Waals surface area (Å²) in [4.78, 5) is 40.8. The predicted octanol–water partition coefficient (Wildman–Crippen LogP) is 6.14. The van der Waals surface area contributed by atoms with E-state index >= 15 is 0 Å². The molecule has 0 aliphatic rings. The van der Waals surface area contributed by atoms with E-state index in [1.54, 1.807) is 27.7 Å². The normalized spacial score (nSPS) is 12.8. The van der Waals surface area contributed by atoms with Gasteiger partial charge in [-0.05, 0) is 36.6 Å². The van der Waals surface area contributed by atoms with Crippen LogP contribution in [0.15, 0.2) is 0 Å². The van der Waals surface area contributed by atoms with Crippen LogP contribution in [0.2, 0.25) is 0 Å². The first-order valence-electron chi connectivity index (χ1n) is 13.6. The molecule has 4 N–H and O–H groups in total. The van der Waals surface area contributed by atoms with E-state index in [0.717, 1.165) is 77.0 Å². The van der Waals surface area contributed by atoms with E-state index in [2.05, 4.69) is 27.7 Å². The van der Waals surface area contributed by atoms with Crippen molar-refractivity contribution < 1.29 is 39.6 Å². The average Bonchev–Trinajstić information content (AvgIpc) is 2.83. The molecule has 8 nitrogen and oxygen atoms in total. The largest absolute Gasteiger partial charge is 0.481 e. The molecule has 0 aromatic heterocycles. The fourth-order valence-corrected chi connectivity index (χ4v) is 2.54. The summed E-state index contributed by atoms with van der Waals surface area (Å²) >= 11 is 0. The van der Waals surface area contributed by atoms with E-state index in [-0.39, 0.29) is 34.6 Å². The lowest BCUT2D eigenvalue weighted by molar-refractivity contribution is -0.142. The maximum absolute atomic E-state index is 10.2. The number of unbranched alkanes of at least 4 members (excludes halogenated alkanes) is 4. The molecular formula is C28H60O8Si. The van der Waals surface area contributed by atoms with Gasteiger partial charge in [-0.25, -0.2) is 0 Å². The Kier molecular flexibility index (Phi) is 39.1. The van der Waals surface area contributed by atoms with Crippen LogP contribution in [0.1, 0.15) is 132 Å². The van der Waals surface area contributed by atoms with Crippen molar-refractivity contribution >= 4 is 34.8 Å². The standard InChI is InChI=1S/4C7H14O2.H4Si/c4*1-3-4-5-6(2)7(8)9;/h4*6H,3-5H2,1-2H3,(H,8,9);1H4. The van der Waals surface area contributed by atoms with Gasteiger partial charge in [-0.15, -0.1) is 0 Å². The summed E-state index contributed by atoms with van der Waals surface area (Å²) in [5.74, 6) is -3.36. The molecule has 0 heterocycles. The highest BCUT2D eigenvalue weighted by Crippen LogP contribution is 2.08.